The number of thioether (sulfide) groups is 1. The predicted octanol–water partition coefficient (Wildman–Crippen LogP) is 3.18. The molecule has 2 unspecified atom stereocenters. The van der Waals surface area contributed by atoms with Crippen LogP contribution in [0.25, 0.3) is 0 Å². The molecule has 1 saturated heterocycles. The Morgan fingerprint density at radius 3 is 2.81 bits per heavy atom. The van der Waals surface area contributed by atoms with Crippen LogP contribution in [-0.4, -0.2) is 35.7 Å². The smallest absolute Gasteiger partial charge is 0.239 e. The molecule has 1 heterocycles. The van der Waals surface area contributed by atoms with Gasteiger partial charge in [-0.15, -0.1) is 24.2 Å². The zero-order chi connectivity index (χ0) is 14.4. The van der Waals surface area contributed by atoms with Crippen LogP contribution in [-0.2, 0) is 4.79 Å². The van der Waals surface area contributed by atoms with Gasteiger partial charge in [0.1, 0.15) is 0 Å². The molecule has 1 amide bonds. The van der Waals surface area contributed by atoms with Crippen molar-refractivity contribution in [1.29, 1.82) is 0 Å². The predicted molar refractivity (Wildman–Crippen MR) is 92.0 cm³/mol. The van der Waals surface area contributed by atoms with Gasteiger partial charge >= 0.3 is 0 Å². The van der Waals surface area contributed by atoms with E-state index in [0.29, 0.717) is 5.92 Å². The van der Waals surface area contributed by atoms with Crippen molar-refractivity contribution >= 4 is 30.1 Å². The minimum absolute atomic E-state index is 0. The Morgan fingerprint density at radius 1 is 1.43 bits per heavy atom. The zero-order valence-electron chi connectivity index (χ0n) is 12.5. The Bertz CT molecular complexity index is 430. The van der Waals surface area contributed by atoms with Gasteiger partial charge in [0.05, 0.1) is 6.04 Å². The van der Waals surface area contributed by atoms with Gasteiger partial charge in [0.2, 0.25) is 5.91 Å². The first-order valence-electron chi connectivity index (χ1n) is 7.43. The van der Waals surface area contributed by atoms with Crippen molar-refractivity contribution in [3.63, 3.8) is 0 Å². The number of hydrogen-bond acceptors (Lipinski definition) is 3. The molecule has 2 N–H and O–H groups in total. The fourth-order valence-corrected chi connectivity index (χ4v) is 3.62. The number of nitrogens with zero attached hydrogens (tertiary/aromatic N) is 1. The Kier molecular flexibility index (Phi) is 8.15. The number of likely N-dealkylation sites (tertiary alicyclic amines) is 1. The summed E-state index contributed by atoms with van der Waals surface area (Å²) in [5, 5.41) is 0. The average molecular weight is 329 g/mol. The van der Waals surface area contributed by atoms with Gasteiger partial charge in [0.25, 0.3) is 0 Å². The summed E-state index contributed by atoms with van der Waals surface area (Å²) in [5.74, 6) is 1.81. The van der Waals surface area contributed by atoms with E-state index < -0.39 is 0 Å². The molecule has 0 aromatic heterocycles. The molecule has 1 aliphatic rings. The number of carbonyl (C=O) groups is 1. The van der Waals surface area contributed by atoms with Crippen LogP contribution in [0.15, 0.2) is 35.2 Å². The minimum atomic E-state index is -0.305. The van der Waals surface area contributed by atoms with E-state index in [1.54, 1.807) is 0 Å². The summed E-state index contributed by atoms with van der Waals surface area (Å²) in [6.07, 6.45) is 2.86. The molecule has 0 bridgehead atoms. The summed E-state index contributed by atoms with van der Waals surface area (Å²) in [6.45, 7) is 3.81. The van der Waals surface area contributed by atoms with Gasteiger partial charge < -0.3 is 10.6 Å². The molecule has 0 aliphatic carbocycles. The maximum Gasteiger partial charge on any atom is 0.239 e. The molecule has 5 heteroatoms. The molecule has 2 rings (SSSR count). The van der Waals surface area contributed by atoms with Crippen LogP contribution in [0, 0.1) is 5.92 Å². The van der Waals surface area contributed by atoms with E-state index in [4.69, 9.17) is 5.73 Å². The molecule has 118 valence electrons. The van der Waals surface area contributed by atoms with Crippen LogP contribution < -0.4 is 5.73 Å². The number of rotatable bonds is 6. The van der Waals surface area contributed by atoms with Crippen LogP contribution in [0.5, 0.6) is 0 Å². The molecule has 2 atom stereocenters. The first-order valence-corrected chi connectivity index (χ1v) is 8.41. The fourth-order valence-electron chi connectivity index (χ4n) is 2.57. The van der Waals surface area contributed by atoms with Crippen molar-refractivity contribution in [2.75, 3.05) is 18.8 Å². The van der Waals surface area contributed by atoms with Crippen LogP contribution in [0.4, 0.5) is 0 Å². The topological polar surface area (TPSA) is 46.3 Å². The van der Waals surface area contributed by atoms with Crippen molar-refractivity contribution in [3.05, 3.63) is 30.3 Å². The molecule has 1 fully saturated rings. The Balaban J connectivity index is 0.00000220. The largest absolute Gasteiger partial charge is 0.341 e. The summed E-state index contributed by atoms with van der Waals surface area (Å²) in [6, 6.07) is 10.1. The lowest BCUT2D eigenvalue weighted by atomic mass is 10.1. The normalized spacial score (nSPS) is 19.1. The van der Waals surface area contributed by atoms with Gasteiger partial charge in [-0.1, -0.05) is 31.5 Å². The lowest BCUT2D eigenvalue weighted by Crippen LogP contribution is -2.42. The van der Waals surface area contributed by atoms with Gasteiger partial charge in [0.15, 0.2) is 0 Å². The van der Waals surface area contributed by atoms with Crippen LogP contribution >= 0.6 is 24.2 Å². The second-order valence-corrected chi connectivity index (χ2v) is 6.55. The highest BCUT2D eigenvalue weighted by Gasteiger charge is 2.28. The van der Waals surface area contributed by atoms with E-state index in [2.05, 4.69) is 31.2 Å². The summed E-state index contributed by atoms with van der Waals surface area (Å²) >= 11 is 1.88. The number of carbonyl (C=O) groups excluding carboxylic acids is 1. The fraction of sp³-hybridized carbons (Fsp3) is 0.562. The first-order chi connectivity index (χ1) is 9.70. The first kappa shape index (κ1) is 18.3. The standard InChI is InChI=1S/C16H24N2OS.ClH/c1-2-6-15(17)16(19)18-10-9-13(11-18)12-20-14-7-4-3-5-8-14;/h3-5,7-8,13,15H,2,6,9-12,17H2,1H3;1H. The van der Waals surface area contributed by atoms with Crippen LogP contribution in [0.1, 0.15) is 26.2 Å². The van der Waals surface area contributed by atoms with Crippen molar-refractivity contribution in [1.82, 2.24) is 4.90 Å². The van der Waals surface area contributed by atoms with E-state index in [1.807, 2.05) is 22.7 Å². The SMILES string of the molecule is CCCC(N)C(=O)N1CCC(CSc2ccccc2)C1.Cl. The zero-order valence-corrected chi connectivity index (χ0v) is 14.2. The molecule has 21 heavy (non-hydrogen) atoms. The third kappa shape index (κ3) is 5.53. The number of nitrogens with two attached hydrogens (primary N) is 1. The van der Waals surface area contributed by atoms with Crippen molar-refractivity contribution in [2.45, 2.75) is 37.1 Å². The Morgan fingerprint density at radius 2 is 2.14 bits per heavy atom. The molecule has 0 spiro atoms. The highest BCUT2D eigenvalue weighted by molar-refractivity contribution is 7.99. The van der Waals surface area contributed by atoms with E-state index in [1.165, 1.54) is 4.90 Å². The summed E-state index contributed by atoms with van der Waals surface area (Å²) in [4.78, 5) is 15.4. The van der Waals surface area contributed by atoms with Crippen LogP contribution in [0.2, 0.25) is 0 Å². The van der Waals surface area contributed by atoms with Crippen molar-refractivity contribution in [3.8, 4) is 0 Å². The summed E-state index contributed by atoms with van der Waals surface area (Å²) in [7, 11) is 0. The minimum Gasteiger partial charge on any atom is -0.341 e. The summed E-state index contributed by atoms with van der Waals surface area (Å²) < 4.78 is 0. The highest BCUT2D eigenvalue weighted by atomic mass is 35.5. The van der Waals surface area contributed by atoms with Crippen molar-refractivity contribution in [2.24, 2.45) is 11.7 Å². The molecule has 0 saturated carbocycles. The quantitative estimate of drug-likeness (QED) is 0.816. The van der Waals surface area contributed by atoms with E-state index in [-0.39, 0.29) is 24.4 Å². The molecule has 0 radical (unpaired) electrons. The third-order valence-electron chi connectivity index (χ3n) is 3.74. The lowest BCUT2D eigenvalue weighted by molar-refractivity contribution is -0.131. The van der Waals surface area contributed by atoms with E-state index in [9.17, 15) is 4.79 Å². The number of amides is 1. The van der Waals surface area contributed by atoms with Gasteiger partial charge in [-0.05, 0) is 30.9 Å². The molecular weight excluding hydrogens is 304 g/mol. The third-order valence-corrected chi connectivity index (χ3v) is 4.99. The monoisotopic (exact) mass is 328 g/mol. The molecule has 1 aromatic rings. The number of halogens is 1. The van der Waals surface area contributed by atoms with E-state index >= 15 is 0 Å². The second-order valence-electron chi connectivity index (χ2n) is 5.46. The Labute approximate surface area is 138 Å². The molecule has 1 aromatic carbocycles. The number of benzene rings is 1. The van der Waals surface area contributed by atoms with Gasteiger partial charge in [-0.2, -0.15) is 0 Å². The Hall–Kier alpha value is -0.710. The molecule has 1 aliphatic heterocycles. The molecule has 3 nitrogen and oxygen atoms in total. The number of hydrogen-bond donors (Lipinski definition) is 1. The molecular formula is C16H25ClN2OS. The second kappa shape index (κ2) is 9.34. The maximum absolute atomic E-state index is 12.1. The maximum atomic E-state index is 12.1. The summed E-state index contributed by atoms with van der Waals surface area (Å²) in [5.41, 5.74) is 5.92. The average Bonchev–Trinajstić information content (AvgIpc) is 2.94. The van der Waals surface area contributed by atoms with Crippen molar-refractivity contribution < 1.29 is 4.79 Å². The van der Waals surface area contributed by atoms with Gasteiger partial charge in [-0.25, -0.2) is 0 Å². The highest BCUT2D eigenvalue weighted by Crippen LogP contribution is 2.26. The van der Waals surface area contributed by atoms with Gasteiger partial charge in [-0.3, -0.25) is 4.79 Å². The van der Waals surface area contributed by atoms with Crippen LogP contribution in [0.3, 0.4) is 0 Å². The van der Waals surface area contributed by atoms with E-state index in [0.717, 1.165) is 38.1 Å². The van der Waals surface area contributed by atoms with Gasteiger partial charge in [0, 0.05) is 23.7 Å². The lowest BCUT2D eigenvalue weighted by Gasteiger charge is -2.20.